The van der Waals surface area contributed by atoms with E-state index in [0.717, 1.165) is 38.0 Å². The molecule has 4 nitrogen and oxygen atoms in total. The third-order valence-corrected chi connectivity index (χ3v) is 3.97. The Bertz CT molecular complexity index is 465. The Morgan fingerprint density at radius 3 is 2.75 bits per heavy atom. The topological polar surface area (TPSA) is 58.4 Å². The predicted octanol–water partition coefficient (Wildman–Crippen LogP) is 2.18. The number of piperidine rings is 1. The quantitative estimate of drug-likeness (QED) is 0.828. The molecule has 0 saturated carbocycles. The maximum absolute atomic E-state index is 12.3. The number of nitrogens with one attached hydrogen (secondary N) is 1. The number of nitrogens with zero attached hydrogens (tertiary/aromatic N) is 1. The molecule has 1 amide bonds. The second-order valence-electron chi connectivity index (χ2n) is 5.66. The first-order valence-electron chi connectivity index (χ1n) is 7.49. The van der Waals surface area contributed by atoms with Crippen LogP contribution in [0.25, 0.3) is 0 Å². The summed E-state index contributed by atoms with van der Waals surface area (Å²) in [5.74, 6) is 0.00346. The molecule has 1 aromatic rings. The van der Waals surface area contributed by atoms with Gasteiger partial charge >= 0.3 is 0 Å². The van der Waals surface area contributed by atoms with Gasteiger partial charge in [0.25, 0.3) is 5.91 Å². The summed E-state index contributed by atoms with van der Waals surface area (Å²) in [5, 5.41) is 3.14. The first-order chi connectivity index (χ1) is 9.60. The molecule has 0 bridgehead atoms. The van der Waals surface area contributed by atoms with Crippen LogP contribution in [0.15, 0.2) is 18.2 Å². The smallest absolute Gasteiger partial charge is 0.251 e. The molecule has 0 spiro atoms. The average molecular weight is 275 g/mol. The minimum absolute atomic E-state index is 0.00346. The van der Waals surface area contributed by atoms with E-state index in [4.69, 9.17) is 5.73 Å². The van der Waals surface area contributed by atoms with Gasteiger partial charge in [-0.05, 0) is 50.4 Å². The lowest BCUT2D eigenvalue weighted by molar-refractivity contribution is 0.0910. The molecule has 0 aromatic heterocycles. The fourth-order valence-corrected chi connectivity index (χ4v) is 2.76. The number of nitrogens with two attached hydrogens (primary N) is 1. The lowest BCUT2D eigenvalue weighted by atomic mass is 10.0. The van der Waals surface area contributed by atoms with Gasteiger partial charge in [0.1, 0.15) is 0 Å². The highest BCUT2D eigenvalue weighted by molar-refractivity contribution is 5.96. The van der Waals surface area contributed by atoms with Gasteiger partial charge < -0.3 is 16.0 Å². The van der Waals surface area contributed by atoms with Crippen LogP contribution in [-0.2, 0) is 0 Å². The number of aryl methyl sites for hydroxylation is 1. The zero-order chi connectivity index (χ0) is 14.5. The highest BCUT2D eigenvalue weighted by atomic mass is 16.1. The minimum Gasteiger partial charge on any atom is -0.399 e. The van der Waals surface area contributed by atoms with Crippen molar-refractivity contribution in [3.05, 3.63) is 29.3 Å². The molecule has 1 heterocycles. The number of nitrogen functional groups attached to an aromatic ring is 1. The van der Waals surface area contributed by atoms with Crippen LogP contribution in [0.2, 0.25) is 0 Å². The summed E-state index contributed by atoms with van der Waals surface area (Å²) in [5.41, 5.74) is 8.07. The predicted molar refractivity (Wildman–Crippen MR) is 82.8 cm³/mol. The van der Waals surface area contributed by atoms with Crippen molar-refractivity contribution in [2.24, 2.45) is 0 Å². The van der Waals surface area contributed by atoms with Crippen LogP contribution < -0.4 is 11.1 Å². The van der Waals surface area contributed by atoms with Crippen LogP contribution in [0.5, 0.6) is 0 Å². The van der Waals surface area contributed by atoms with Gasteiger partial charge in [0, 0.05) is 30.4 Å². The second-order valence-corrected chi connectivity index (χ2v) is 5.66. The Hall–Kier alpha value is -1.55. The molecule has 1 aliphatic heterocycles. The van der Waals surface area contributed by atoms with Gasteiger partial charge in [-0.3, -0.25) is 4.79 Å². The number of amides is 1. The van der Waals surface area contributed by atoms with Crippen LogP contribution in [-0.4, -0.2) is 36.5 Å². The summed E-state index contributed by atoms with van der Waals surface area (Å²) >= 11 is 0. The van der Waals surface area contributed by atoms with Crippen LogP contribution in [0.4, 0.5) is 5.69 Å². The molecule has 110 valence electrons. The number of rotatable bonds is 4. The van der Waals surface area contributed by atoms with E-state index in [1.807, 2.05) is 19.1 Å². The first kappa shape index (κ1) is 14.9. The lowest BCUT2D eigenvalue weighted by Crippen LogP contribution is -2.44. The van der Waals surface area contributed by atoms with E-state index in [2.05, 4.69) is 17.1 Å². The van der Waals surface area contributed by atoms with Gasteiger partial charge in [0.05, 0.1) is 0 Å². The van der Waals surface area contributed by atoms with E-state index in [-0.39, 0.29) is 11.9 Å². The van der Waals surface area contributed by atoms with E-state index in [1.165, 1.54) is 6.42 Å². The largest absolute Gasteiger partial charge is 0.399 e. The normalized spacial score (nSPS) is 17.1. The molecule has 1 saturated heterocycles. The summed E-state index contributed by atoms with van der Waals surface area (Å²) in [4.78, 5) is 14.8. The highest BCUT2D eigenvalue weighted by Gasteiger charge is 2.21. The van der Waals surface area contributed by atoms with Gasteiger partial charge in [-0.25, -0.2) is 0 Å². The van der Waals surface area contributed by atoms with Crippen molar-refractivity contribution in [2.45, 2.75) is 39.2 Å². The van der Waals surface area contributed by atoms with E-state index in [0.29, 0.717) is 11.3 Å². The Morgan fingerprint density at radius 2 is 2.10 bits per heavy atom. The summed E-state index contributed by atoms with van der Waals surface area (Å²) in [6.45, 7) is 7.47. The summed E-state index contributed by atoms with van der Waals surface area (Å²) in [7, 11) is 0. The van der Waals surface area contributed by atoms with Crippen LogP contribution in [0.1, 0.15) is 42.1 Å². The van der Waals surface area contributed by atoms with Crippen molar-refractivity contribution in [3.8, 4) is 0 Å². The van der Waals surface area contributed by atoms with E-state index in [1.54, 1.807) is 6.07 Å². The summed E-state index contributed by atoms with van der Waals surface area (Å²) in [6.07, 6.45) is 3.26. The number of benzene rings is 1. The number of carbonyl (C=O) groups excluding carboxylic acids is 1. The zero-order valence-corrected chi connectivity index (χ0v) is 12.5. The maximum atomic E-state index is 12.3. The Kier molecular flexibility index (Phi) is 5.01. The third-order valence-electron chi connectivity index (χ3n) is 3.97. The second kappa shape index (κ2) is 6.75. The van der Waals surface area contributed by atoms with Gasteiger partial charge in [-0.2, -0.15) is 0 Å². The number of hydrogen-bond donors (Lipinski definition) is 2. The van der Waals surface area contributed by atoms with Crippen LogP contribution in [0.3, 0.4) is 0 Å². The van der Waals surface area contributed by atoms with Crippen molar-refractivity contribution >= 4 is 11.6 Å². The standard InChI is InChI=1S/C16H25N3O/c1-3-8-19-9-6-14(7-10-19)18-16(20)15-11-13(17)5-4-12(15)2/h4-5,11,14H,3,6-10,17H2,1-2H3,(H,18,20). The molecule has 0 unspecified atom stereocenters. The van der Waals surface area contributed by atoms with Gasteiger partial charge in [-0.15, -0.1) is 0 Å². The molecular formula is C16H25N3O. The minimum atomic E-state index is 0.00346. The SMILES string of the molecule is CCCN1CCC(NC(=O)c2cc(N)ccc2C)CC1. The average Bonchev–Trinajstić information content (AvgIpc) is 2.44. The lowest BCUT2D eigenvalue weighted by Gasteiger charge is -2.32. The van der Waals surface area contributed by atoms with Crippen molar-refractivity contribution < 1.29 is 4.79 Å². The Labute approximate surface area is 121 Å². The molecular weight excluding hydrogens is 250 g/mol. The molecule has 4 heteroatoms. The van der Waals surface area contributed by atoms with Gasteiger partial charge in [0.2, 0.25) is 0 Å². The molecule has 1 aromatic carbocycles. The van der Waals surface area contributed by atoms with Crippen LogP contribution >= 0.6 is 0 Å². The fraction of sp³-hybridized carbons (Fsp3) is 0.562. The maximum Gasteiger partial charge on any atom is 0.251 e. The highest BCUT2D eigenvalue weighted by Crippen LogP contribution is 2.15. The molecule has 1 aliphatic rings. The van der Waals surface area contributed by atoms with E-state index >= 15 is 0 Å². The number of hydrogen-bond acceptors (Lipinski definition) is 3. The van der Waals surface area contributed by atoms with E-state index < -0.39 is 0 Å². The third kappa shape index (κ3) is 3.73. The first-order valence-corrected chi connectivity index (χ1v) is 7.49. The van der Waals surface area contributed by atoms with Crippen LogP contribution in [0, 0.1) is 6.92 Å². The molecule has 0 atom stereocenters. The molecule has 20 heavy (non-hydrogen) atoms. The summed E-state index contributed by atoms with van der Waals surface area (Å²) in [6, 6.07) is 5.77. The van der Waals surface area contributed by atoms with Crippen molar-refractivity contribution in [2.75, 3.05) is 25.4 Å². The van der Waals surface area contributed by atoms with Gasteiger partial charge in [0.15, 0.2) is 0 Å². The number of likely N-dealkylation sites (tertiary alicyclic amines) is 1. The Balaban J connectivity index is 1.91. The fourth-order valence-electron chi connectivity index (χ4n) is 2.76. The molecule has 3 N–H and O–H groups in total. The van der Waals surface area contributed by atoms with Crippen molar-refractivity contribution in [1.29, 1.82) is 0 Å². The molecule has 0 radical (unpaired) electrons. The monoisotopic (exact) mass is 275 g/mol. The van der Waals surface area contributed by atoms with Crippen molar-refractivity contribution in [3.63, 3.8) is 0 Å². The Morgan fingerprint density at radius 1 is 1.40 bits per heavy atom. The summed E-state index contributed by atoms with van der Waals surface area (Å²) < 4.78 is 0. The molecule has 1 fully saturated rings. The number of anilines is 1. The zero-order valence-electron chi connectivity index (χ0n) is 12.5. The van der Waals surface area contributed by atoms with Crippen molar-refractivity contribution in [1.82, 2.24) is 10.2 Å². The number of carbonyl (C=O) groups is 1. The molecule has 2 rings (SSSR count). The molecule has 0 aliphatic carbocycles. The van der Waals surface area contributed by atoms with E-state index in [9.17, 15) is 4.79 Å². The van der Waals surface area contributed by atoms with Gasteiger partial charge in [-0.1, -0.05) is 13.0 Å².